The quantitative estimate of drug-likeness (QED) is 0.930. The molecular weight excluding hydrogens is 264 g/mol. The molecule has 0 radical (unpaired) electrons. The molecule has 0 saturated carbocycles. The van der Waals surface area contributed by atoms with E-state index >= 15 is 0 Å². The van der Waals surface area contributed by atoms with Gasteiger partial charge < -0.3 is 5.32 Å². The van der Waals surface area contributed by atoms with E-state index in [1.807, 2.05) is 17.0 Å². The van der Waals surface area contributed by atoms with Gasteiger partial charge in [-0.3, -0.25) is 14.5 Å². The lowest BCUT2D eigenvalue weighted by atomic mass is 9.87. The number of benzene rings is 1. The number of hydrogen-bond donors (Lipinski definition) is 1. The van der Waals surface area contributed by atoms with Gasteiger partial charge in [-0.2, -0.15) is 0 Å². The Bertz CT molecular complexity index is 505. The van der Waals surface area contributed by atoms with Crippen LogP contribution in [0.4, 0.5) is 5.69 Å². The van der Waals surface area contributed by atoms with Crippen molar-refractivity contribution in [2.24, 2.45) is 0 Å². The Morgan fingerprint density at radius 1 is 1.14 bits per heavy atom. The van der Waals surface area contributed by atoms with Crippen molar-refractivity contribution in [3.63, 3.8) is 0 Å². The summed E-state index contributed by atoms with van der Waals surface area (Å²) in [6, 6.07) is 7.99. The maximum absolute atomic E-state index is 12.0. The van der Waals surface area contributed by atoms with Crippen molar-refractivity contribution in [1.82, 2.24) is 4.90 Å². The number of rotatable bonds is 3. The largest absolute Gasteiger partial charge is 0.325 e. The van der Waals surface area contributed by atoms with Gasteiger partial charge in [0, 0.05) is 31.6 Å². The van der Waals surface area contributed by atoms with E-state index in [-0.39, 0.29) is 11.3 Å². The number of anilines is 1. The van der Waals surface area contributed by atoms with Crippen LogP contribution in [0.25, 0.3) is 0 Å². The first-order valence-corrected chi connectivity index (χ1v) is 7.49. The van der Waals surface area contributed by atoms with E-state index in [1.165, 1.54) is 5.56 Å². The molecule has 1 N–H and O–H groups in total. The van der Waals surface area contributed by atoms with Crippen molar-refractivity contribution in [2.45, 2.75) is 39.0 Å². The monoisotopic (exact) mass is 288 g/mol. The molecule has 1 aliphatic rings. The molecule has 1 aromatic carbocycles. The van der Waals surface area contributed by atoms with Gasteiger partial charge in [-0.05, 0) is 23.1 Å². The van der Waals surface area contributed by atoms with Crippen molar-refractivity contribution in [1.29, 1.82) is 0 Å². The van der Waals surface area contributed by atoms with Crippen molar-refractivity contribution < 1.29 is 9.59 Å². The van der Waals surface area contributed by atoms with Crippen LogP contribution in [0.15, 0.2) is 24.3 Å². The molecule has 21 heavy (non-hydrogen) atoms. The highest BCUT2D eigenvalue weighted by Gasteiger charge is 2.18. The fourth-order valence-corrected chi connectivity index (χ4v) is 2.42. The second-order valence-electron chi connectivity index (χ2n) is 6.69. The molecule has 0 aromatic heterocycles. The first-order valence-electron chi connectivity index (χ1n) is 7.49. The van der Waals surface area contributed by atoms with Gasteiger partial charge in [0.05, 0.1) is 6.54 Å². The van der Waals surface area contributed by atoms with Crippen LogP contribution >= 0.6 is 0 Å². The predicted molar refractivity (Wildman–Crippen MR) is 84.5 cm³/mol. The third-order valence-corrected chi connectivity index (χ3v) is 3.82. The first-order chi connectivity index (χ1) is 9.84. The SMILES string of the molecule is CC(C)(C)c1ccc(NC(=O)CN2CCC(=O)CC2)cc1. The molecule has 0 aliphatic carbocycles. The molecule has 1 amide bonds. The van der Waals surface area contributed by atoms with Crippen molar-refractivity contribution in [3.8, 4) is 0 Å². The molecule has 0 spiro atoms. The maximum Gasteiger partial charge on any atom is 0.238 e. The normalized spacial score (nSPS) is 16.8. The minimum Gasteiger partial charge on any atom is -0.325 e. The second-order valence-corrected chi connectivity index (χ2v) is 6.69. The van der Waals surface area contributed by atoms with E-state index < -0.39 is 0 Å². The van der Waals surface area contributed by atoms with Crippen LogP contribution in [-0.2, 0) is 15.0 Å². The molecule has 0 bridgehead atoms. The molecule has 1 heterocycles. The molecule has 0 unspecified atom stereocenters. The minimum atomic E-state index is -0.0205. The van der Waals surface area contributed by atoms with Crippen molar-refractivity contribution in [2.75, 3.05) is 25.0 Å². The predicted octanol–water partition coefficient (Wildman–Crippen LogP) is 2.59. The van der Waals surface area contributed by atoms with Crippen molar-refractivity contribution in [3.05, 3.63) is 29.8 Å². The van der Waals surface area contributed by atoms with Gasteiger partial charge in [0.25, 0.3) is 0 Å². The summed E-state index contributed by atoms with van der Waals surface area (Å²) in [5, 5.41) is 2.91. The highest BCUT2D eigenvalue weighted by atomic mass is 16.2. The summed E-state index contributed by atoms with van der Waals surface area (Å²) in [5.74, 6) is 0.275. The number of nitrogens with zero attached hydrogens (tertiary/aromatic N) is 1. The third-order valence-electron chi connectivity index (χ3n) is 3.82. The third kappa shape index (κ3) is 4.67. The molecule has 114 valence electrons. The lowest BCUT2D eigenvalue weighted by molar-refractivity contribution is -0.124. The summed E-state index contributed by atoms with van der Waals surface area (Å²) in [6.45, 7) is 8.23. The average Bonchev–Trinajstić information content (AvgIpc) is 2.41. The molecule has 4 nitrogen and oxygen atoms in total. The van der Waals surface area contributed by atoms with Gasteiger partial charge in [-0.15, -0.1) is 0 Å². The van der Waals surface area contributed by atoms with E-state index in [2.05, 4.69) is 38.2 Å². The Balaban J connectivity index is 1.86. The van der Waals surface area contributed by atoms with Crippen molar-refractivity contribution >= 4 is 17.4 Å². The number of carbonyl (C=O) groups excluding carboxylic acids is 2. The highest BCUT2D eigenvalue weighted by molar-refractivity contribution is 5.92. The van der Waals surface area contributed by atoms with Crippen LogP contribution < -0.4 is 5.32 Å². The summed E-state index contributed by atoms with van der Waals surface area (Å²) in [6.07, 6.45) is 1.13. The standard InChI is InChI=1S/C17H24N2O2/c1-17(2,3)13-4-6-14(7-5-13)18-16(21)12-19-10-8-15(20)9-11-19/h4-7H,8-12H2,1-3H3,(H,18,21). The lowest BCUT2D eigenvalue weighted by Gasteiger charge is -2.25. The van der Waals surface area contributed by atoms with Crippen LogP contribution in [0.1, 0.15) is 39.2 Å². The molecule has 1 saturated heterocycles. The zero-order valence-electron chi connectivity index (χ0n) is 13.1. The minimum absolute atomic E-state index is 0.0205. The van der Waals surface area contributed by atoms with Gasteiger partial charge >= 0.3 is 0 Å². The van der Waals surface area contributed by atoms with Crippen LogP contribution in [0.2, 0.25) is 0 Å². The van der Waals surface area contributed by atoms with Crippen LogP contribution in [0.3, 0.4) is 0 Å². The van der Waals surface area contributed by atoms with Gasteiger partial charge in [-0.1, -0.05) is 32.9 Å². The van der Waals surface area contributed by atoms with E-state index in [0.29, 0.717) is 38.3 Å². The Labute approximate surface area is 126 Å². The average molecular weight is 288 g/mol. The number of amides is 1. The van der Waals surface area contributed by atoms with Crippen LogP contribution in [0.5, 0.6) is 0 Å². The number of Topliss-reactive ketones (excluding diaryl/α,β-unsaturated/α-hetero) is 1. The molecule has 0 atom stereocenters. The second kappa shape index (κ2) is 6.39. The topological polar surface area (TPSA) is 49.4 Å². The number of hydrogen-bond acceptors (Lipinski definition) is 3. The number of nitrogens with one attached hydrogen (secondary N) is 1. The van der Waals surface area contributed by atoms with E-state index in [0.717, 1.165) is 5.69 Å². The van der Waals surface area contributed by atoms with E-state index in [9.17, 15) is 9.59 Å². The zero-order chi connectivity index (χ0) is 15.5. The number of piperidine rings is 1. The molecule has 1 fully saturated rings. The fourth-order valence-electron chi connectivity index (χ4n) is 2.42. The van der Waals surface area contributed by atoms with Crippen LogP contribution in [0, 0.1) is 0 Å². The van der Waals surface area contributed by atoms with Gasteiger partial charge in [-0.25, -0.2) is 0 Å². The van der Waals surface area contributed by atoms with Gasteiger partial charge in [0.1, 0.15) is 5.78 Å². The Kier molecular flexibility index (Phi) is 4.78. The lowest BCUT2D eigenvalue weighted by Crippen LogP contribution is -2.39. The molecule has 2 rings (SSSR count). The number of carbonyl (C=O) groups is 2. The molecular formula is C17H24N2O2. The Morgan fingerprint density at radius 2 is 1.71 bits per heavy atom. The number of ketones is 1. The summed E-state index contributed by atoms with van der Waals surface area (Å²) in [5.41, 5.74) is 2.18. The van der Waals surface area contributed by atoms with Crippen LogP contribution in [-0.4, -0.2) is 36.2 Å². The summed E-state index contributed by atoms with van der Waals surface area (Å²) in [4.78, 5) is 25.2. The highest BCUT2D eigenvalue weighted by Crippen LogP contribution is 2.23. The molecule has 1 aromatic rings. The molecule has 1 aliphatic heterocycles. The van der Waals surface area contributed by atoms with Gasteiger partial charge in [0.15, 0.2) is 0 Å². The summed E-state index contributed by atoms with van der Waals surface area (Å²) < 4.78 is 0. The Morgan fingerprint density at radius 3 is 2.24 bits per heavy atom. The van der Waals surface area contributed by atoms with Gasteiger partial charge in [0.2, 0.25) is 5.91 Å². The zero-order valence-corrected chi connectivity index (χ0v) is 13.1. The fraction of sp³-hybridized carbons (Fsp3) is 0.529. The van der Waals surface area contributed by atoms with E-state index in [4.69, 9.17) is 0 Å². The first kappa shape index (κ1) is 15.7. The smallest absolute Gasteiger partial charge is 0.238 e. The van der Waals surface area contributed by atoms with E-state index in [1.54, 1.807) is 0 Å². The summed E-state index contributed by atoms with van der Waals surface area (Å²) in [7, 11) is 0. The Hall–Kier alpha value is -1.68. The molecule has 4 heteroatoms. The maximum atomic E-state index is 12.0. The number of likely N-dealkylation sites (tertiary alicyclic amines) is 1. The summed E-state index contributed by atoms with van der Waals surface area (Å²) >= 11 is 0.